The Morgan fingerprint density at radius 2 is 2.05 bits per heavy atom. The Bertz CT molecular complexity index is 739. The molecule has 0 aliphatic carbocycles. The zero-order chi connectivity index (χ0) is 13.9. The number of benzene rings is 1. The van der Waals surface area contributed by atoms with Gasteiger partial charge in [-0.3, -0.25) is 4.68 Å². The van der Waals surface area contributed by atoms with Gasteiger partial charge in [-0.05, 0) is 23.1 Å². The number of fused-ring (bicyclic) bond motifs is 1. The van der Waals surface area contributed by atoms with Gasteiger partial charge in [0.25, 0.3) is 0 Å². The van der Waals surface area contributed by atoms with Crippen molar-refractivity contribution in [3.05, 3.63) is 48.0 Å². The molecular formula is C15H14ClN3O. The Hall–Kier alpha value is -1.91. The summed E-state index contributed by atoms with van der Waals surface area (Å²) in [7, 11) is 1.69. The molecule has 0 fully saturated rings. The number of pyridine rings is 1. The van der Waals surface area contributed by atoms with Crippen LogP contribution in [0.4, 0.5) is 0 Å². The van der Waals surface area contributed by atoms with E-state index in [9.17, 15) is 0 Å². The molecule has 0 N–H and O–H groups in total. The number of rotatable bonds is 4. The Morgan fingerprint density at radius 1 is 1.15 bits per heavy atom. The van der Waals surface area contributed by atoms with Gasteiger partial charge in [0, 0.05) is 30.5 Å². The standard InChI is InChI=1S/C15H14ClN3O/c1-20-5-4-19-10-14(9-18-19)11-2-3-12-8-17-15(16)7-13(12)6-11/h2-3,6-10H,4-5H2,1H3. The predicted octanol–water partition coefficient (Wildman–Crippen LogP) is 3.40. The van der Waals surface area contributed by atoms with Crippen molar-refractivity contribution in [3.63, 3.8) is 0 Å². The first-order valence-electron chi connectivity index (χ1n) is 6.33. The van der Waals surface area contributed by atoms with Crippen LogP contribution in [0.3, 0.4) is 0 Å². The molecule has 0 aliphatic heterocycles. The average Bonchev–Trinajstić information content (AvgIpc) is 2.93. The summed E-state index contributed by atoms with van der Waals surface area (Å²) in [6.07, 6.45) is 5.66. The highest BCUT2D eigenvalue weighted by atomic mass is 35.5. The lowest BCUT2D eigenvalue weighted by Gasteiger charge is -2.02. The van der Waals surface area contributed by atoms with E-state index in [2.05, 4.69) is 22.2 Å². The normalized spacial score (nSPS) is 11.1. The third-order valence-corrected chi connectivity index (χ3v) is 3.39. The lowest BCUT2D eigenvalue weighted by molar-refractivity contribution is 0.183. The molecule has 2 heterocycles. The maximum absolute atomic E-state index is 5.94. The highest BCUT2D eigenvalue weighted by molar-refractivity contribution is 6.30. The van der Waals surface area contributed by atoms with Crippen LogP contribution < -0.4 is 0 Å². The van der Waals surface area contributed by atoms with E-state index in [0.717, 1.165) is 28.4 Å². The Morgan fingerprint density at radius 3 is 2.90 bits per heavy atom. The van der Waals surface area contributed by atoms with Crippen molar-refractivity contribution in [2.45, 2.75) is 6.54 Å². The number of nitrogens with zero attached hydrogens (tertiary/aromatic N) is 3. The van der Waals surface area contributed by atoms with E-state index in [-0.39, 0.29) is 0 Å². The summed E-state index contributed by atoms with van der Waals surface area (Å²) in [4.78, 5) is 4.08. The van der Waals surface area contributed by atoms with Crippen LogP contribution in [0.1, 0.15) is 0 Å². The summed E-state index contributed by atoms with van der Waals surface area (Å²) in [5, 5.41) is 6.98. The molecule has 0 aliphatic rings. The zero-order valence-electron chi connectivity index (χ0n) is 11.1. The van der Waals surface area contributed by atoms with Gasteiger partial charge in [0.2, 0.25) is 0 Å². The summed E-state index contributed by atoms with van der Waals surface area (Å²) < 4.78 is 6.93. The molecule has 1 aromatic carbocycles. The smallest absolute Gasteiger partial charge is 0.129 e. The minimum absolute atomic E-state index is 0.505. The minimum atomic E-state index is 0.505. The molecular weight excluding hydrogens is 274 g/mol. The van der Waals surface area contributed by atoms with Crippen LogP contribution in [-0.4, -0.2) is 28.5 Å². The van der Waals surface area contributed by atoms with Crippen LogP contribution in [0, 0.1) is 0 Å². The molecule has 5 heteroatoms. The van der Waals surface area contributed by atoms with Crippen LogP contribution in [-0.2, 0) is 11.3 Å². The second-order valence-corrected chi connectivity index (χ2v) is 4.94. The maximum atomic E-state index is 5.94. The molecule has 4 nitrogen and oxygen atoms in total. The van der Waals surface area contributed by atoms with Gasteiger partial charge in [-0.15, -0.1) is 0 Å². The molecule has 0 bridgehead atoms. The molecule has 102 valence electrons. The van der Waals surface area contributed by atoms with Gasteiger partial charge in [0.1, 0.15) is 5.15 Å². The molecule has 3 rings (SSSR count). The maximum Gasteiger partial charge on any atom is 0.129 e. The van der Waals surface area contributed by atoms with Crippen LogP contribution in [0.15, 0.2) is 42.9 Å². The number of hydrogen-bond donors (Lipinski definition) is 0. The number of methoxy groups -OCH3 is 1. The molecule has 0 saturated heterocycles. The summed E-state index contributed by atoms with van der Waals surface area (Å²) in [6.45, 7) is 1.40. The molecule has 0 unspecified atom stereocenters. The molecule has 3 aromatic rings. The van der Waals surface area contributed by atoms with Gasteiger partial charge in [-0.2, -0.15) is 5.10 Å². The van der Waals surface area contributed by atoms with Gasteiger partial charge in [0.15, 0.2) is 0 Å². The summed E-state index contributed by atoms with van der Waals surface area (Å²) in [5.74, 6) is 0. The van der Waals surface area contributed by atoms with Gasteiger partial charge in [0.05, 0.1) is 19.3 Å². The first-order chi connectivity index (χ1) is 9.76. The lowest BCUT2D eigenvalue weighted by Crippen LogP contribution is -2.03. The highest BCUT2D eigenvalue weighted by Gasteiger charge is 2.04. The topological polar surface area (TPSA) is 39.9 Å². The van der Waals surface area contributed by atoms with Gasteiger partial charge >= 0.3 is 0 Å². The Kier molecular flexibility index (Phi) is 3.67. The molecule has 0 saturated carbocycles. The molecule has 0 amide bonds. The third-order valence-electron chi connectivity index (χ3n) is 3.18. The van der Waals surface area contributed by atoms with Crippen molar-refractivity contribution in [1.82, 2.24) is 14.8 Å². The molecule has 0 spiro atoms. The van der Waals surface area contributed by atoms with Crippen LogP contribution in [0.2, 0.25) is 5.15 Å². The fourth-order valence-electron chi connectivity index (χ4n) is 2.11. The quantitative estimate of drug-likeness (QED) is 0.691. The lowest BCUT2D eigenvalue weighted by atomic mass is 10.1. The van der Waals surface area contributed by atoms with E-state index in [4.69, 9.17) is 16.3 Å². The number of aromatic nitrogens is 3. The molecule has 20 heavy (non-hydrogen) atoms. The first-order valence-corrected chi connectivity index (χ1v) is 6.71. The van der Waals surface area contributed by atoms with E-state index < -0.39 is 0 Å². The second kappa shape index (κ2) is 5.61. The number of ether oxygens (including phenoxy) is 1. The Labute approximate surface area is 122 Å². The van der Waals surface area contributed by atoms with Crippen LogP contribution in [0.5, 0.6) is 0 Å². The average molecular weight is 288 g/mol. The van der Waals surface area contributed by atoms with E-state index in [1.807, 2.05) is 29.2 Å². The summed E-state index contributed by atoms with van der Waals surface area (Å²) in [6, 6.07) is 8.08. The van der Waals surface area contributed by atoms with Crippen molar-refractivity contribution in [2.75, 3.05) is 13.7 Å². The van der Waals surface area contributed by atoms with E-state index in [0.29, 0.717) is 11.8 Å². The van der Waals surface area contributed by atoms with Crippen molar-refractivity contribution in [3.8, 4) is 11.1 Å². The van der Waals surface area contributed by atoms with Crippen molar-refractivity contribution in [1.29, 1.82) is 0 Å². The van der Waals surface area contributed by atoms with Crippen molar-refractivity contribution < 1.29 is 4.74 Å². The van der Waals surface area contributed by atoms with Gasteiger partial charge in [-0.1, -0.05) is 23.7 Å². The predicted molar refractivity (Wildman–Crippen MR) is 79.9 cm³/mol. The van der Waals surface area contributed by atoms with Crippen molar-refractivity contribution in [2.24, 2.45) is 0 Å². The first kappa shape index (κ1) is 13.1. The largest absolute Gasteiger partial charge is 0.383 e. The SMILES string of the molecule is COCCn1cc(-c2ccc3cnc(Cl)cc3c2)cn1. The van der Waals surface area contributed by atoms with E-state index in [1.54, 1.807) is 13.3 Å². The molecule has 0 radical (unpaired) electrons. The van der Waals surface area contributed by atoms with Crippen molar-refractivity contribution >= 4 is 22.4 Å². The van der Waals surface area contributed by atoms with Crippen LogP contribution in [0.25, 0.3) is 21.9 Å². The van der Waals surface area contributed by atoms with E-state index >= 15 is 0 Å². The highest BCUT2D eigenvalue weighted by Crippen LogP contribution is 2.25. The monoisotopic (exact) mass is 287 g/mol. The van der Waals surface area contributed by atoms with E-state index in [1.165, 1.54) is 0 Å². The molecule has 0 atom stereocenters. The van der Waals surface area contributed by atoms with Gasteiger partial charge < -0.3 is 4.74 Å². The summed E-state index contributed by atoms with van der Waals surface area (Å²) >= 11 is 5.94. The number of hydrogen-bond acceptors (Lipinski definition) is 3. The summed E-state index contributed by atoms with van der Waals surface area (Å²) in [5.41, 5.74) is 2.19. The third kappa shape index (κ3) is 2.66. The van der Waals surface area contributed by atoms with Gasteiger partial charge in [-0.25, -0.2) is 4.98 Å². The fourth-order valence-corrected chi connectivity index (χ4v) is 2.28. The zero-order valence-corrected chi connectivity index (χ0v) is 11.8. The Balaban J connectivity index is 1.95. The number of halogens is 1. The minimum Gasteiger partial charge on any atom is -0.383 e. The van der Waals surface area contributed by atoms with Crippen LogP contribution >= 0.6 is 11.6 Å². The fraction of sp³-hybridized carbons (Fsp3) is 0.200. The second-order valence-electron chi connectivity index (χ2n) is 4.55. The molecule has 2 aromatic heterocycles.